The third-order valence-corrected chi connectivity index (χ3v) is 4.36. The lowest BCUT2D eigenvalue weighted by Gasteiger charge is -2.05. The van der Waals surface area contributed by atoms with Crippen LogP contribution in [0.1, 0.15) is 16.7 Å². The molecule has 5 nitrogen and oxygen atoms in total. The SMILES string of the molecule is COc1ccc(SCC(=O)NN=Cc2cc(C)c(O)c(C)c2)cc1. The van der Waals surface area contributed by atoms with Crippen LogP contribution in [0.25, 0.3) is 0 Å². The number of methoxy groups -OCH3 is 1. The lowest BCUT2D eigenvalue weighted by atomic mass is 10.1. The van der Waals surface area contributed by atoms with Crippen molar-refractivity contribution in [1.29, 1.82) is 0 Å². The third kappa shape index (κ3) is 5.03. The van der Waals surface area contributed by atoms with E-state index in [9.17, 15) is 9.90 Å². The summed E-state index contributed by atoms with van der Waals surface area (Å²) in [6.45, 7) is 3.65. The normalized spacial score (nSPS) is 10.8. The van der Waals surface area contributed by atoms with Crippen LogP contribution in [0, 0.1) is 13.8 Å². The number of hydrogen-bond acceptors (Lipinski definition) is 5. The molecule has 1 amide bonds. The minimum atomic E-state index is -0.181. The van der Waals surface area contributed by atoms with Crippen molar-refractivity contribution in [3.05, 3.63) is 53.1 Å². The minimum absolute atomic E-state index is 0.181. The molecule has 0 fully saturated rings. The summed E-state index contributed by atoms with van der Waals surface area (Å²) in [6.07, 6.45) is 1.56. The van der Waals surface area contributed by atoms with Crippen LogP contribution in [0.5, 0.6) is 11.5 Å². The number of hydrogen-bond donors (Lipinski definition) is 2. The van der Waals surface area contributed by atoms with Crippen LogP contribution >= 0.6 is 11.8 Å². The first-order valence-electron chi connectivity index (χ1n) is 7.38. The third-order valence-electron chi connectivity index (χ3n) is 3.35. The molecule has 0 heterocycles. The molecule has 24 heavy (non-hydrogen) atoms. The van der Waals surface area contributed by atoms with Crippen molar-refractivity contribution in [3.8, 4) is 11.5 Å². The molecule has 0 aliphatic carbocycles. The fraction of sp³-hybridized carbons (Fsp3) is 0.222. The molecule has 0 radical (unpaired) electrons. The Bertz CT molecular complexity index is 719. The Kier molecular flexibility index (Phi) is 6.26. The number of aryl methyl sites for hydroxylation is 2. The molecule has 0 spiro atoms. The predicted molar refractivity (Wildman–Crippen MR) is 97.0 cm³/mol. The van der Waals surface area contributed by atoms with E-state index in [4.69, 9.17) is 4.74 Å². The van der Waals surface area contributed by atoms with Gasteiger partial charge in [0.15, 0.2) is 0 Å². The number of benzene rings is 2. The summed E-state index contributed by atoms with van der Waals surface area (Å²) < 4.78 is 5.09. The van der Waals surface area contributed by atoms with E-state index in [-0.39, 0.29) is 17.4 Å². The van der Waals surface area contributed by atoms with Gasteiger partial charge in [-0.2, -0.15) is 5.10 Å². The second-order valence-electron chi connectivity index (χ2n) is 5.26. The fourth-order valence-electron chi connectivity index (χ4n) is 2.10. The highest BCUT2D eigenvalue weighted by molar-refractivity contribution is 8.00. The Morgan fingerprint density at radius 3 is 2.46 bits per heavy atom. The Balaban J connectivity index is 1.84. The summed E-state index contributed by atoms with van der Waals surface area (Å²) in [4.78, 5) is 12.8. The Labute approximate surface area is 145 Å². The zero-order chi connectivity index (χ0) is 17.5. The number of ether oxygens (including phenoxy) is 1. The highest BCUT2D eigenvalue weighted by Crippen LogP contribution is 2.22. The van der Waals surface area contributed by atoms with E-state index in [2.05, 4.69) is 10.5 Å². The number of thioether (sulfide) groups is 1. The van der Waals surface area contributed by atoms with Gasteiger partial charge in [0.25, 0.3) is 0 Å². The van der Waals surface area contributed by atoms with E-state index in [1.54, 1.807) is 13.3 Å². The van der Waals surface area contributed by atoms with Crippen LogP contribution < -0.4 is 10.2 Å². The van der Waals surface area contributed by atoms with E-state index in [1.807, 2.05) is 50.2 Å². The lowest BCUT2D eigenvalue weighted by Crippen LogP contribution is -2.19. The molecule has 2 aromatic rings. The van der Waals surface area contributed by atoms with Gasteiger partial charge in [0.2, 0.25) is 5.91 Å². The first-order chi connectivity index (χ1) is 11.5. The molecular formula is C18H20N2O3S. The maximum absolute atomic E-state index is 11.8. The minimum Gasteiger partial charge on any atom is -0.507 e. The molecular weight excluding hydrogens is 324 g/mol. The number of aromatic hydroxyl groups is 1. The molecule has 6 heteroatoms. The largest absolute Gasteiger partial charge is 0.507 e. The highest BCUT2D eigenvalue weighted by atomic mass is 32.2. The van der Waals surface area contributed by atoms with Gasteiger partial charge >= 0.3 is 0 Å². The topological polar surface area (TPSA) is 70.9 Å². The number of carbonyl (C=O) groups is 1. The number of carbonyl (C=O) groups excluding carboxylic acids is 1. The lowest BCUT2D eigenvalue weighted by molar-refractivity contribution is -0.118. The summed E-state index contributed by atoms with van der Waals surface area (Å²) in [5, 5.41) is 13.7. The molecule has 2 N–H and O–H groups in total. The highest BCUT2D eigenvalue weighted by Gasteiger charge is 2.03. The molecule has 0 unspecified atom stereocenters. The second-order valence-corrected chi connectivity index (χ2v) is 6.31. The van der Waals surface area contributed by atoms with Gasteiger partial charge in [0.05, 0.1) is 19.1 Å². The van der Waals surface area contributed by atoms with Gasteiger partial charge in [0.1, 0.15) is 11.5 Å². The van der Waals surface area contributed by atoms with E-state index >= 15 is 0 Å². The van der Waals surface area contributed by atoms with Gasteiger partial charge < -0.3 is 9.84 Å². The van der Waals surface area contributed by atoms with Gasteiger partial charge in [-0.15, -0.1) is 11.8 Å². The van der Waals surface area contributed by atoms with Crippen molar-refractivity contribution >= 4 is 23.9 Å². The number of hydrazone groups is 1. The average molecular weight is 344 g/mol. The monoisotopic (exact) mass is 344 g/mol. The van der Waals surface area contributed by atoms with Gasteiger partial charge in [-0.25, -0.2) is 5.43 Å². The molecule has 0 aromatic heterocycles. The van der Waals surface area contributed by atoms with E-state index < -0.39 is 0 Å². The van der Waals surface area contributed by atoms with E-state index in [0.717, 1.165) is 27.3 Å². The Hall–Kier alpha value is -2.47. The quantitative estimate of drug-likeness (QED) is 0.479. The van der Waals surface area contributed by atoms with Crippen LogP contribution in [0.2, 0.25) is 0 Å². The average Bonchev–Trinajstić information content (AvgIpc) is 2.58. The second kappa shape index (κ2) is 8.40. The van der Waals surface area contributed by atoms with Crippen LogP contribution in [0.4, 0.5) is 0 Å². The molecule has 2 aromatic carbocycles. The number of amides is 1. The van der Waals surface area contributed by atoms with Crippen LogP contribution in [-0.2, 0) is 4.79 Å². The van der Waals surface area contributed by atoms with Crippen molar-refractivity contribution in [2.24, 2.45) is 5.10 Å². The summed E-state index contributed by atoms with van der Waals surface area (Å²) in [5.74, 6) is 1.16. The van der Waals surface area contributed by atoms with Crippen molar-refractivity contribution in [1.82, 2.24) is 5.43 Å². The summed E-state index contributed by atoms with van der Waals surface area (Å²) >= 11 is 1.43. The van der Waals surface area contributed by atoms with E-state index in [0.29, 0.717) is 0 Å². The van der Waals surface area contributed by atoms with Gasteiger partial charge in [-0.3, -0.25) is 4.79 Å². The van der Waals surface area contributed by atoms with Crippen molar-refractivity contribution < 1.29 is 14.6 Å². The molecule has 0 aliphatic rings. The zero-order valence-electron chi connectivity index (χ0n) is 13.9. The summed E-state index contributed by atoms with van der Waals surface area (Å²) in [6, 6.07) is 11.1. The summed E-state index contributed by atoms with van der Waals surface area (Å²) in [5.41, 5.74) is 4.88. The Morgan fingerprint density at radius 2 is 1.88 bits per heavy atom. The van der Waals surface area contributed by atoms with E-state index in [1.165, 1.54) is 11.8 Å². The number of phenolic OH excluding ortho intramolecular Hbond substituents is 1. The van der Waals surface area contributed by atoms with Gasteiger partial charge in [-0.1, -0.05) is 0 Å². The van der Waals surface area contributed by atoms with Gasteiger partial charge in [0, 0.05) is 4.90 Å². The molecule has 0 aliphatic heterocycles. The van der Waals surface area contributed by atoms with Gasteiger partial charge in [-0.05, 0) is 66.9 Å². The first kappa shape index (κ1) is 17.9. The molecule has 0 bridgehead atoms. The predicted octanol–water partition coefficient (Wildman–Crippen LogP) is 3.26. The molecule has 0 atom stereocenters. The summed E-state index contributed by atoms with van der Waals surface area (Å²) in [7, 11) is 1.62. The molecule has 126 valence electrons. The number of phenols is 1. The number of nitrogens with one attached hydrogen (secondary N) is 1. The molecule has 2 rings (SSSR count). The number of nitrogens with zero attached hydrogens (tertiary/aromatic N) is 1. The van der Waals surface area contributed by atoms with Crippen molar-refractivity contribution in [3.63, 3.8) is 0 Å². The van der Waals surface area contributed by atoms with Crippen molar-refractivity contribution in [2.75, 3.05) is 12.9 Å². The van der Waals surface area contributed by atoms with Crippen LogP contribution in [0.3, 0.4) is 0 Å². The smallest absolute Gasteiger partial charge is 0.250 e. The number of rotatable bonds is 6. The van der Waals surface area contributed by atoms with Crippen LogP contribution in [-0.4, -0.2) is 30.1 Å². The molecule has 0 saturated heterocycles. The van der Waals surface area contributed by atoms with Crippen molar-refractivity contribution in [2.45, 2.75) is 18.7 Å². The maximum Gasteiger partial charge on any atom is 0.250 e. The zero-order valence-corrected chi connectivity index (χ0v) is 14.7. The molecule has 0 saturated carbocycles. The fourth-order valence-corrected chi connectivity index (χ4v) is 2.79. The van der Waals surface area contributed by atoms with Crippen LogP contribution in [0.15, 0.2) is 46.4 Å². The Morgan fingerprint density at radius 1 is 1.25 bits per heavy atom. The maximum atomic E-state index is 11.8. The first-order valence-corrected chi connectivity index (χ1v) is 8.37. The standard InChI is InChI=1S/C18H20N2O3S/c1-12-8-14(9-13(2)18(12)22)10-19-20-17(21)11-24-16-6-4-15(23-3)5-7-16/h4-10,22H,11H2,1-3H3,(H,20,21).